The first-order valence-corrected chi connectivity index (χ1v) is 11.0. The molecular formula is C23H20ClF3N2O2S. The van der Waals surface area contributed by atoms with Crippen molar-refractivity contribution in [3.05, 3.63) is 90.1 Å². The van der Waals surface area contributed by atoms with Gasteiger partial charge < -0.3 is 5.73 Å². The second-order valence-electron chi connectivity index (χ2n) is 7.12. The first-order valence-electron chi connectivity index (χ1n) is 9.54. The zero-order valence-corrected chi connectivity index (χ0v) is 18.3. The molecule has 2 N–H and O–H groups in total. The molecule has 1 aromatic heterocycles. The van der Waals surface area contributed by atoms with Crippen molar-refractivity contribution in [2.75, 3.05) is 6.54 Å². The molecule has 3 aromatic carbocycles. The largest absolute Gasteiger partial charge is 0.416 e. The molecule has 0 spiro atoms. The summed E-state index contributed by atoms with van der Waals surface area (Å²) in [5.74, 6) is 0. The van der Waals surface area contributed by atoms with Crippen LogP contribution >= 0.6 is 12.4 Å². The van der Waals surface area contributed by atoms with Crippen LogP contribution in [0, 0.1) is 0 Å². The lowest BCUT2D eigenvalue weighted by Gasteiger charge is -2.10. The van der Waals surface area contributed by atoms with Gasteiger partial charge in [0, 0.05) is 11.6 Å². The van der Waals surface area contributed by atoms with Gasteiger partial charge in [-0.1, -0.05) is 36.4 Å². The van der Waals surface area contributed by atoms with Crippen molar-refractivity contribution in [1.82, 2.24) is 3.97 Å². The number of benzene rings is 3. The van der Waals surface area contributed by atoms with E-state index >= 15 is 0 Å². The van der Waals surface area contributed by atoms with Crippen LogP contribution in [-0.4, -0.2) is 18.9 Å². The van der Waals surface area contributed by atoms with Crippen molar-refractivity contribution in [2.24, 2.45) is 5.73 Å². The SMILES string of the molecule is Cl.NCCc1cn(S(=O)(=O)c2ccccc2)c2ccc(-c3cccc(C(F)(F)F)c3)cc12. The quantitative estimate of drug-likeness (QED) is 0.411. The van der Waals surface area contributed by atoms with E-state index in [9.17, 15) is 21.6 Å². The monoisotopic (exact) mass is 480 g/mol. The van der Waals surface area contributed by atoms with Crippen LogP contribution in [0.1, 0.15) is 11.1 Å². The van der Waals surface area contributed by atoms with Crippen molar-refractivity contribution >= 4 is 33.3 Å². The van der Waals surface area contributed by atoms with Gasteiger partial charge in [0.15, 0.2) is 0 Å². The van der Waals surface area contributed by atoms with E-state index in [1.165, 1.54) is 28.4 Å². The van der Waals surface area contributed by atoms with Crippen molar-refractivity contribution in [1.29, 1.82) is 0 Å². The van der Waals surface area contributed by atoms with Crippen LogP contribution in [0.25, 0.3) is 22.0 Å². The highest BCUT2D eigenvalue weighted by molar-refractivity contribution is 7.90. The van der Waals surface area contributed by atoms with Gasteiger partial charge in [0.05, 0.1) is 16.0 Å². The molecule has 32 heavy (non-hydrogen) atoms. The number of nitrogens with two attached hydrogens (primary N) is 1. The molecule has 168 valence electrons. The molecule has 9 heteroatoms. The lowest BCUT2D eigenvalue weighted by atomic mass is 10.00. The van der Waals surface area contributed by atoms with Crippen molar-refractivity contribution in [3.63, 3.8) is 0 Å². The van der Waals surface area contributed by atoms with Crippen LogP contribution in [0.3, 0.4) is 0 Å². The van der Waals surface area contributed by atoms with E-state index in [0.717, 1.165) is 12.1 Å². The lowest BCUT2D eigenvalue weighted by molar-refractivity contribution is -0.137. The van der Waals surface area contributed by atoms with E-state index in [4.69, 9.17) is 5.73 Å². The van der Waals surface area contributed by atoms with Crippen LogP contribution in [0.15, 0.2) is 83.9 Å². The fourth-order valence-electron chi connectivity index (χ4n) is 3.58. The van der Waals surface area contributed by atoms with Gasteiger partial charge in [-0.15, -0.1) is 12.4 Å². The van der Waals surface area contributed by atoms with Crippen LogP contribution in [-0.2, 0) is 22.6 Å². The van der Waals surface area contributed by atoms with Gasteiger partial charge in [0.25, 0.3) is 10.0 Å². The Morgan fingerprint density at radius 3 is 2.22 bits per heavy atom. The third kappa shape index (κ3) is 4.39. The number of hydrogen-bond donors (Lipinski definition) is 1. The highest BCUT2D eigenvalue weighted by atomic mass is 35.5. The minimum absolute atomic E-state index is 0. The Balaban J connectivity index is 0.00000289. The number of hydrogen-bond acceptors (Lipinski definition) is 3. The van der Waals surface area contributed by atoms with Crippen LogP contribution < -0.4 is 5.73 Å². The number of halogens is 4. The van der Waals surface area contributed by atoms with Crippen molar-refractivity contribution in [2.45, 2.75) is 17.5 Å². The van der Waals surface area contributed by atoms with Gasteiger partial charge >= 0.3 is 6.18 Å². The third-order valence-corrected chi connectivity index (χ3v) is 6.78. The Hall–Kier alpha value is -2.81. The third-order valence-electron chi connectivity index (χ3n) is 5.09. The fraction of sp³-hybridized carbons (Fsp3) is 0.130. The molecule has 0 unspecified atom stereocenters. The molecule has 0 atom stereocenters. The summed E-state index contributed by atoms with van der Waals surface area (Å²) in [6, 6.07) is 18.1. The second-order valence-corrected chi connectivity index (χ2v) is 8.93. The maximum atomic E-state index is 13.2. The average Bonchev–Trinajstić information content (AvgIpc) is 3.13. The lowest BCUT2D eigenvalue weighted by Crippen LogP contribution is -2.11. The number of aromatic nitrogens is 1. The Bertz CT molecular complexity index is 1350. The van der Waals surface area contributed by atoms with Gasteiger partial charge in [-0.2, -0.15) is 13.2 Å². The highest BCUT2D eigenvalue weighted by Crippen LogP contribution is 2.34. The molecule has 4 aromatic rings. The summed E-state index contributed by atoms with van der Waals surface area (Å²) in [5, 5.41) is 0.639. The van der Waals surface area contributed by atoms with E-state index in [0.29, 0.717) is 40.6 Å². The van der Waals surface area contributed by atoms with Gasteiger partial charge in [0.1, 0.15) is 0 Å². The van der Waals surface area contributed by atoms with E-state index in [1.807, 2.05) is 0 Å². The summed E-state index contributed by atoms with van der Waals surface area (Å²) < 4.78 is 66.9. The fourth-order valence-corrected chi connectivity index (χ4v) is 4.99. The molecule has 0 fully saturated rings. The smallest absolute Gasteiger partial charge is 0.330 e. The number of rotatable bonds is 5. The maximum Gasteiger partial charge on any atom is 0.416 e. The summed E-state index contributed by atoms with van der Waals surface area (Å²) in [6.45, 7) is 0.304. The molecule has 0 saturated carbocycles. The molecule has 4 rings (SSSR count). The van der Waals surface area contributed by atoms with Crippen LogP contribution in [0.5, 0.6) is 0 Å². The molecule has 1 heterocycles. The second kappa shape index (κ2) is 8.97. The van der Waals surface area contributed by atoms with Gasteiger partial charge in [-0.05, 0) is 66.1 Å². The summed E-state index contributed by atoms with van der Waals surface area (Å²) in [5.41, 5.74) is 7.09. The standard InChI is InChI=1S/C23H19F3N2O2S.ClH/c24-23(25,26)19-6-4-5-16(13-19)17-9-10-22-21(14-17)18(11-12-27)15-28(22)31(29,30)20-7-2-1-3-8-20;/h1-10,13-15H,11-12,27H2;1H. The summed E-state index contributed by atoms with van der Waals surface area (Å²) >= 11 is 0. The molecule has 0 bridgehead atoms. The van der Waals surface area contributed by atoms with Gasteiger partial charge in [-0.25, -0.2) is 12.4 Å². The molecule has 0 aliphatic carbocycles. The molecular weight excluding hydrogens is 461 g/mol. The zero-order chi connectivity index (χ0) is 22.2. The topological polar surface area (TPSA) is 65.1 Å². The minimum atomic E-state index is -4.45. The van der Waals surface area contributed by atoms with E-state index in [1.54, 1.807) is 42.5 Å². The van der Waals surface area contributed by atoms with Crippen LogP contribution in [0.4, 0.5) is 13.2 Å². The van der Waals surface area contributed by atoms with E-state index < -0.39 is 21.8 Å². The first kappa shape index (κ1) is 23.8. The molecule has 4 nitrogen and oxygen atoms in total. The molecule has 0 amide bonds. The normalized spacial score (nSPS) is 12.0. The predicted molar refractivity (Wildman–Crippen MR) is 121 cm³/mol. The molecule has 0 saturated heterocycles. The van der Waals surface area contributed by atoms with Gasteiger partial charge in [-0.3, -0.25) is 0 Å². The Morgan fingerprint density at radius 2 is 1.56 bits per heavy atom. The van der Waals surface area contributed by atoms with Crippen molar-refractivity contribution in [3.8, 4) is 11.1 Å². The Kier molecular flexibility index (Phi) is 6.69. The molecule has 0 radical (unpaired) electrons. The average molecular weight is 481 g/mol. The van der Waals surface area contributed by atoms with E-state index in [2.05, 4.69) is 0 Å². The highest BCUT2D eigenvalue weighted by Gasteiger charge is 2.30. The molecule has 0 aliphatic rings. The van der Waals surface area contributed by atoms with E-state index in [-0.39, 0.29) is 17.3 Å². The first-order chi connectivity index (χ1) is 14.7. The maximum absolute atomic E-state index is 13.2. The Morgan fingerprint density at radius 1 is 0.875 bits per heavy atom. The number of alkyl halides is 3. The summed E-state index contributed by atoms with van der Waals surface area (Å²) in [6.07, 6.45) is -2.48. The van der Waals surface area contributed by atoms with Crippen LogP contribution in [0.2, 0.25) is 0 Å². The van der Waals surface area contributed by atoms with Crippen molar-refractivity contribution < 1.29 is 21.6 Å². The predicted octanol–water partition coefficient (Wildman–Crippen LogP) is 5.49. The number of fused-ring (bicyclic) bond motifs is 1. The van der Waals surface area contributed by atoms with Gasteiger partial charge in [0.2, 0.25) is 0 Å². The number of nitrogens with zero attached hydrogens (tertiary/aromatic N) is 1. The summed E-state index contributed by atoms with van der Waals surface area (Å²) in [7, 11) is -3.84. The summed E-state index contributed by atoms with van der Waals surface area (Å²) in [4.78, 5) is 0.146. The Labute approximate surface area is 189 Å². The zero-order valence-electron chi connectivity index (χ0n) is 16.7. The minimum Gasteiger partial charge on any atom is -0.330 e. The molecule has 0 aliphatic heterocycles.